The highest BCUT2D eigenvalue weighted by Gasteiger charge is 2.69. The van der Waals surface area contributed by atoms with Crippen molar-refractivity contribution in [3.8, 4) is 5.75 Å². The summed E-state index contributed by atoms with van der Waals surface area (Å²) in [5.74, 6) is -12.0. The van der Waals surface area contributed by atoms with Gasteiger partial charge in [0.25, 0.3) is 0 Å². The van der Waals surface area contributed by atoms with Crippen LogP contribution in [0.1, 0.15) is 40.4 Å². The maximum Gasteiger partial charge on any atom is 0.235 e. The van der Waals surface area contributed by atoms with Crippen LogP contribution in [0.3, 0.4) is 0 Å². The van der Waals surface area contributed by atoms with E-state index < -0.39 is 70.2 Å². The highest BCUT2D eigenvalue weighted by Crippen LogP contribution is 2.52. The average Bonchev–Trinajstić information content (AvgIpc) is 2.83. The normalized spacial score (nSPS) is 33.6. The zero-order chi connectivity index (χ0) is 27.1. The molecule has 2 fully saturated rings. The summed E-state index contributed by atoms with van der Waals surface area (Å²) in [7, 11) is 3.02. The summed E-state index contributed by atoms with van der Waals surface area (Å²) >= 11 is 0. The smallest absolute Gasteiger partial charge is 0.235 e. The van der Waals surface area contributed by atoms with Crippen molar-refractivity contribution >= 4 is 29.0 Å². The molecule has 11 heteroatoms. The number of carbonyl (C=O) groups excluding carboxylic acids is 5. The number of nitrogens with two attached hydrogens (primary N) is 1. The second kappa shape index (κ2) is 8.50. The quantitative estimate of drug-likeness (QED) is 0.446. The molecule has 0 spiro atoms. The topological polar surface area (TPSA) is 158 Å². The molecule has 4 aliphatic rings. The minimum atomic E-state index is -2.79. The van der Waals surface area contributed by atoms with Crippen molar-refractivity contribution in [1.29, 1.82) is 0 Å². The molecule has 5 rings (SSSR count). The lowest BCUT2D eigenvalue weighted by molar-refractivity contribution is -0.181. The van der Waals surface area contributed by atoms with E-state index in [2.05, 4.69) is 0 Å². The molecule has 2 unspecified atom stereocenters. The number of fused-ring (bicyclic) bond motifs is 4. The van der Waals surface area contributed by atoms with E-state index in [0.717, 1.165) is 0 Å². The van der Waals surface area contributed by atoms with Crippen LogP contribution in [0.15, 0.2) is 0 Å². The lowest BCUT2D eigenvalue weighted by Crippen LogP contribution is -2.74. The van der Waals surface area contributed by atoms with Crippen LogP contribution >= 0.6 is 0 Å². The molecule has 4 N–H and O–H groups in total. The molecule has 0 bridgehead atoms. The summed E-state index contributed by atoms with van der Waals surface area (Å²) in [6, 6.07) is -1.19. The van der Waals surface area contributed by atoms with Gasteiger partial charge in [-0.2, -0.15) is 0 Å². The van der Waals surface area contributed by atoms with Crippen molar-refractivity contribution < 1.29 is 38.6 Å². The number of ketones is 4. The first-order valence-electron chi connectivity index (χ1n) is 12.5. The number of carbonyl (C=O) groups is 5. The number of Topliss-reactive ketones (excluding diaryl/α,β-unsaturated/α-hetero) is 4. The van der Waals surface area contributed by atoms with Gasteiger partial charge in [-0.25, -0.2) is 4.39 Å². The monoisotopic (exact) mass is 515 g/mol. The van der Waals surface area contributed by atoms with E-state index in [1.165, 1.54) is 19.0 Å². The number of likely N-dealkylation sites (N-methyl/N-ethyl adjacent to an activating group) is 2. The Bertz CT molecular complexity index is 1280. The largest absolute Gasteiger partial charge is 0.507 e. The number of halogens is 1. The Morgan fingerprint density at radius 2 is 1.84 bits per heavy atom. The number of primary amides is 1. The van der Waals surface area contributed by atoms with Gasteiger partial charge in [-0.3, -0.25) is 33.8 Å². The van der Waals surface area contributed by atoms with E-state index in [1.54, 1.807) is 0 Å². The van der Waals surface area contributed by atoms with Crippen LogP contribution in [0.5, 0.6) is 5.75 Å². The number of phenols is 1. The Hall–Kier alpha value is -3.02. The lowest BCUT2D eigenvalue weighted by atomic mass is 9.52. The van der Waals surface area contributed by atoms with Crippen LogP contribution in [0.25, 0.3) is 0 Å². The molecular formula is C26H30FN3O7. The summed E-state index contributed by atoms with van der Waals surface area (Å²) in [6.45, 7) is 3.48. The van der Waals surface area contributed by atoms with Gasteiger partial charge in [0.2, 0.25) is 5.91 Å². The van der Waals surface area contributed by atoms with Gasteiger partial charge in [-0.05, 0) is 45.8 Å². The molecule has 2 saturated carbocycles. The van der Waals surface area contributed by atoms with Crippen molar-refractivity contribution in [3.05, 3.63) is 28.1 Å². The SMILES string of the molecule is CCN1CCc2c(O)c3c(c(F)c2C1)C[C@H]1C[C@H]2[C@H](N(C)C)C(=O)C(C(N)=O)C(=O)[C@@]2(O)C(=O)C1C3=O. The van der Waals surface area contributed by atoms with Crippen molar-refractivity contribution in [2.24, 2.45) is 29.4 Å². The summed E-state index contributed by atoms with van der Waals surface area (Å²) in [5.41, 5.74) is 2.91. The standard InChI is InChI=1S/C26H30FN3O7/c1-4-30-6-5-11-13(9-30)18(27)12-7-10-8-14-19(29(2)3)22(33)17(25(28)36)24(35)26(14,37)23(34)15(10)21(32)16(12)20(11)31/h10,14-15,17,19,31,37H,4-9H2,1-3H3,(H2,28,36)/t10-,14-,15?,17?,19-,26-/m0/s1. The molecule has 1 aliphatic heterocycles. The van der Waals surface area contributed by atoms with Crippen LogP contribution in [-0.2, 0) is 38.6 Å². The van der Waals surface area contributed by atoms with E-state index >= 15 is 4.39 Å². The molecule has 1 aromatic rings. The zero-order valence-electron chi connectivity index (χ0n) is 20.9. The second-order valence-corrected chi connectivity index (χ2v) is 10.9. The fourth-order valence-electron chi connectivity index (χ4n) is 7.08. The third-order valence-corrected chi connectivity index (χ3v) is 8.88. The molecule has 37 heavy (non-hydrogen) atoms. The number of aromatic hydroxyl groups is 1. The van der Waals surface area contributed by atoms with Crippen molar-refractivity contribution in [2.75, 3.05) is 27.2 Å². The highest BCUT2D eigenvalue weighted by atomic mass is 19.1. The third kappa shape index (κ3) is 3.30. The Morgan fingerprint density at radius 1 is 1.16 bits per heavy atom. The van der Waals surface area contributed by atoms with Crippen molar-refractivity contribution in [1.82, 2.24) is 9.80 Å². The Morgan fingerprint density at radius 3 is 2.43 bits per heavy atom. The van der Waals surface area contributed by atoms with E-state index in [0.29, 0.717) is 30.6 Å². The molecule has 1 heterocycles. The number of hydrogen-bond acceptors (Lipinski definition) is 9. The summed E-state index contributed by atoms with van der Waals surface area (Å²) < 4.78 is 15.8. The first-order valence-corrected chi connectivity index (χ1v) is 12.5. The van der Waals surface area contributed by atoms with E-state index in [9.17, 15) is 34.2 Å². The Balaban J connectivity index is 1.64. The third-order valence-electron chi connectivity index (χ3n) is 8.88. The number of amides is 1. The fourth-order valence-corrected chi connectivity index (χ4v) is 7.08. The van der Waals surface area contributed by atoms with Gasteiger partial charge in [0.05, 0.1) is 17.5 Å². The Kier molecular flexibility index (Phi) is 5.89. The molecule has 1 aromatic carbocycles. The predicted molar refractivity (Wildman–Crippen MR) is 126 cm³/mol. The molecule has 0 radical (unpaired) electrons. The van der Waals surface area contributed by atoms with E-state index in [4.69, 9.17) is 5.73 Å². The van der Waals surface area contributed by atoms with Crippen molar-refractivity contribution in [3.63, 3.8) is 0 Å². The van der Waals surface area contributed by atoms with Crippen LogP contribution in [-0.4, -0.2) is 87.9 Å². The average molecular weight is 516 g/mol. The number of phenolic OH excluding ortho intramolecular Hbond substituents is 1. The minimum Gasteiger partial charge on any atom is -0.507 e. The van der Waals surface area contributed by atoms with Gasteiger partial charge in [-0.1, -0.05) is 6.92 Å². The van der Waals surface area contributed by atoms with Gasteiger partial charge < -0.3 is 15.9 Å². The summed E-state index contributed by atoms with van der Waals surface area (Å²) in [4.78, 5) is 69.4. The predicted octanol–water partition coefficient (Wildman–Crippen LogP) is -0.616. The first-order chi connectivity index (χ1) is 17.4. The van der Waals surface area contributed by atoms with E-state index in [1.807, 2.05) is 11.8 Å². The number of aliphatic hydroxyl groups is 1. The van der Waals surface area contributed by atoms with Crippen LogP contribution in [0.4, 0.5) is 4.39 Å². The van der Waals surface area contributed by atoms with Crippen LogP contribution in [0, 0.1) is 29.5 Å². The van der Waals surface area contributed by atoms with Crippen LogP contribution < -0.4 is 5.73 Å². The van der Waals surface area contributed by atoms with Gasteiger partial charge in [-0.15, -0.1) is 0 Å². The number of hydrogen-bond donors (Lipinski definition) is 3. The molecule has 0 aromatic heterocycles. The maximum atomic E-state index is 15.8. The number of benzene rings is 1. The molecule has 1 amide bonds. The molecule has 10 nitrogen and oxygen atoms in total. The molecule has 3 aliphatic carbocycles. The van der Waals surface area contributed by atoms with Gasteiger partial charge >= 0.3 is 0 Å². The molecule has 198 valence electrons. The first kappa shape index (κ1) is 25.6. The molecule has 0 saturated heterocycles. The van der Waals surface area contributed by atoms with Crippen molar-refractivity contribution in [2.45, 2.75) is 44.4 Å². The number of rotatable bonds is 3. The number of nitrogens with zero attached hydrogens (tertiary/aromatic N) is 2. The maximum absolute atomic E-state index is 15.8. The highest BCUT2D eigenvalue weighted by molar-refractivity contribution is 6.32. The molecular weight excluding hydrogens is 485 g/mol. The van der Waals surface area contributed by atoms with Gasteiger partial charge in [0.1, 0.15) is 11.6 Å². The Labute approximate surface area is 212 Å². The second-order valence-electron chi connectivity index (χ2n) is 10.9. The zero-order valence-corrected chi connectivity index (χ0v) is 20.9. The lowest BCUT2D eigenvalue weighted by Gasteiger charge is -2.52. The summed E-state index contributed by atoms with van der Waals surface area (Å²) in [5, 5.41) is 22.6. The van der Waals surface area contributed by atoms with Gasteiger partial charge in [0.15, 0.2) is 34.7 Å². The minimum absolute atomic E-state index is 0.0172. The fraction of sp³-hybridized carbons (Fsp3) is 0.577. The van der Waals surface area contributed by atoms with E-state index in [-0.39, 0.29) is 36.3 Å². The van der Waals surface area contributed by atoms with Gasteiger partial charge in [0, 0.05) is 35.7 Å². The summed E-state index contributed by atoms with van der Waals surface area (Å²) in [6.07, 6.45) is 0.138. The van der Waals surface area contributed by atoms with Crippen LogP contribution in [0.2, 0.25) is 0 Å². The molecule has 6 atom stereocenters.